The Morgan fingerprint density at radius 3 is 1.37 bits per heavy atom. The monoisotopic (exact) mass is 470 g/mol. The van der Waals surface area contributed by atoms with E-state index in [1.54, 1.807) is 10.6 Å². The van der Waals surface area contributed by atoms with Crippen molar-refractivity contribution < 1.29 is 6.51 Å². The zero-order chi connectivity index (χ0) is 17.3. The third-order valence-corrected chi connectivity index (χ3v) is 74.6. The van der Waals surface area contributed by atoms with Crippen molar-refractivity contribution in [3.63, 3.8) is 0 Å². The van der Waals surface area contributed by atoms with Gasteiger partial charge in [0.15, 0.2) is 0 Å². The first kappa shape index (κ1) is 13.0. The standard InChI is InChI=1S/C17H14P.C5H4Cl2P.Fe/c1-3-9-15(10-4-1)18(17-13-7-8-14-17)16-11-5-2-6-12-16;6-8(7)5-3-1-2-4-5;/h1-14H;1-4H;. The number of fused-ring (bicyclic) bond motifs is 10. The van der Waals surface area contributed by atoms with Crippen LogP contribution in [0.15, 0.2) is 60.7 Å². The van der Waals surface area contributed by atoms with Gasteiger partial charge in [-0.2, -0.15) is 0 Å². The second-order valence-electron chi connectivity index (χ2n) is 12.9. The zero-order valence-electron chi connectivity index (χ0n) is 14.4. The molecular weight excluding hydrogens is 453 g/mol. The Balaban J connectivity index is 1.29. The molecule has 10 aliphatic rings. The zero-order valence-corrected chi connectivity index (χ0v) is 18.8. The topological polar surface area (TPSA) is 0 Å². The van der Waals surface area contributed by atoms with Crippen LogP contribution in [0.1, 0.15) is 0 Å². The van der Waals surface area contributed by atoms with Gasteiger partial charge in [-0.25, -0.2) is 0 Å². The first-order valence-corrected chi connectivity index (χ1v) is 20.9. The Kier molecular flexibility index (Phi) is 0.764. The van der Waals surface area contributed by atoms with Crippen molar-refractivity contribution in [2.45, 2.75) is 46.6 Å². The van der Waals surface area contributed by atoms with Crippen molar-refractivity contribution in [3.8, 4) is 0 Å². The Hall–Kier alpha value is 0.399. The molecule has 0 radical (unpaired) electrons. The minimum absolute atomic E-state index is 0.232. The molecule has 10 heterocycles. The Labute approximate surface area is 160 Å². The van der Waals surface area contributed by atoms with Crippen molar-refractivity contribution in [3.05, 3.63) is 60.7 Å². The van der Waals surface area contributed by atoms with E-state index in [0.29, 0.717) is 4.05 Å². The summed E-state index contributed by atoms with van der Waals surface area (Å²) in [5.74, 6) is 0. The van der Waals surface area contributed by atoms with E-state index in [1.807, 2.05) is 0 Å². The van der Waals surface area contributed by atoms with Gasteiger partial charge in [-0.1, -0.05) is 0 Å². The number of benzene rings is 2. The van der Waals surface area contributed by atoms with Crippen molar-refractivity contribution >= 4 is 47.6 Å². The van der Waals surface area contributed by atoms with E-state index < -0.39 is 13.1 Å². The summed E-state index contributed by atoms with van der Waals surface area (Å²) in [6.45, 7) is -4.35. The van der Waals surface area contributed by atoms with Crippen LogP contribution >= 0.6 is 37.0 Å². The summed E-state index contributed by atoms with van der Waals surface area (Å²) in [6, 6.07) is 23.4. The Morgan fingerprint density at radius 2 is 1.04 bits per heavy atom. The molecule has 2 aromatic rings. The van der Waals surface area contributed by atoms with Crippen LogP contribution in [0, 0.1) is 0 Å². The molecular formula is C22H18Cl2FeP2. The number of hydrogen-bond donors (Lipinski definition) is 0. The van der Waals surface area contributed by atoms with E-state index in [-0.39, 0.29) is 7.92 Å². The molecule has 0 amide bonds. The Bertz CT molecular complexity index is 1530. The second kappa shape index (κ2) is 1.59. The summed E-state index contributed by atoms with van der Waals surface area (Å²) < 4.78 is 1.38. The van der Waals surface area contributed by atoms with E-state index in [4.69, 9.17) is 22.5 Å². The number of hydrogen-bond acceptors (Lipinski definition) is 0. The van der Waals surface area contributed by atoms with Crippen LogP contribution in [0.5, 0.6) is 0 Å². The van der Waals surface area contributed by atoms with Gasteiger partial charge in [0.1, 0.15) is 0 Å². The fraction of sp³-hybridized carbons (Fsp3) is 0.455. The molecule has 138 valence electrons. The number of halogens is 2. The summed E-state index contributed by atoms with van der Waals surface area (Å²) in [6.07, 6.45) is 0. The fourth-order valence-corrected chi connectivity index (χ4v) is 130. The van der Waals surface area contributed by atoms with Crippen molar-refractivity contribution in [2.24, 2.45) is 0 Å². The van der Waals surface area contributed by atoms with Gasteiger partial charge in [-0.05, 0) is 0 Å². The molecule has 0 nitrogen and oxygen atoms in total. The first-order chi connectivity index (χ1) is 13.0. The van der Waals surface area contributed by atoms with Crippen molar-refractivity contribution in [1.82, 2.24) is 0 Å². The van der Waals surface area contributed by atoms with Crippen molar-refractivity contribution in [1.29, 1.82) is 0 Å². The van der Waals surface area contributed by atoms with E-state index in [9.17, 15) is 0 Å². The van der Waals surface area contributed by atoms with Gasteiger partial charge >= 0.3 is 161 Å². The summed E-state index contributed by atoms with van der Waals surface area (Å²) >= 11 is 14.0. The SMILES string of the molecule is ClP(Cl)[C]12[CH]3[CH]4[CH]5[CH]1[Fe]45321678[CH]2[CH]1[CH]6[C]7(P(c1ccccc1)c1ccccc1)[CH]28. The molecule has 0 aliphatic carbocycles. The first-order valence-electron chi connectivity index (χ1n) is 10.2. The molecule has 5 heteroatoms. The maximum atomic E-state index is 7.02. The molecule has 0 bridgehead atoms. The number of rotatable bonds is 4. The van der Waals surface area contributed by atoms with Crippen LogP contribution in [-0.2, 0) is 6.51 Å². The predicted octanol–water partition coefficient (Wildman–Crippen LogP) is 7.11. The van der Waals surface area contributed by atoms with Gasteiger partial charge < -0.3 is 0 Å². The van der Waals surface area contributed by atoms with Gasteiger partial charge in [0.05, 0.1) is 0 Å². The minimum atomic E-state index is -3.59. The van der Waals surface area contributed by atoms with E-state index in [2.05, 4.69) is 60.7 Å². The third kappa shape index (κ3) is 0.228. The van der Waals surface area contributed by atoms with Gasteiger partial charge in [0, 0.05) is 0 Å². The van der Waals surface area contributed by atoms with E-state index >= 15 is 0 Å². The van der Waals surface area contributed by atoms with Crippen LogP contribution < -0.4 is 10.6 Å². The van der Waals surface area contributed by atoms with Crippen LogP contribution in [0.2, 0.25) is 38.5 Å². The maximum absolute atomic E-state index is 7.02. The average Bonchev–Trinajstić information content (AvgIpc) is 3.64. The van der Waals surface area contributed by atoms with Gasteiger partial charge in [0.25, 0.3) is 0 Å². The molecule has 10 fully saturated rings. The molecule has 27 heavy (non-hydrogen) atoms. The average molecular weight is 471 g/mol. The van der Waals surface area contributed by atoms with E-state index in [0.717, 1.165) is 13.7 Å². The summed E-state index contributed by atoms with van der Waals surface area (Å²) in [7, 11) is -0.232. The van der Waals surface area contributed by atoms with Crippen LogP contribution in [-0.4, -0.2) is 8.11 Å². The summed E-state index contributed by atoms with van der Waals surface area (Å²) in [4.78, 5) is 9.65. The predicted molar refractivity (Wildman–Crippen MR) is 113 cm³/mol. The molecule has 8 unspecified atom stereocenters. The molecule has 8 atom stereocenters. The molecule has 12 rings (SSSR count). The normalized spacial score (nSPS) is 82.4. The van der Waals surface area contributed by atoms with Gasteiger partial charge in [-0.15, -0.1) is 0 Å². The van der Waals surface area contributed by atoms with Crippen LogP contribution in [0.3, 0.4) is 0 Å². The molecule has 10 saturated heterocycles. The Morgan fingerprint density at radius 1 is 0.630 bits per heavy atom. The quantitative estimate of drug-likeness (QED) is 0.330. The molecule has 1 spiro atoms. The van der Waals surface area contributed by atoms with Crippen LogP contribution in [0.4, 0.5) is 0 Å². The van der Waals surface area contributed by atoms with Crippen LogP contribution in [0.25, 0.3) is 0 Å². The van der Waals surface area contributed by atoms with E-state index in [1.165, 1.54) is 28.9 Å². The van der Waals surface area contributed by atoms with Gasteiger partial charge in [0.2, 0.25) is 0 Å². The van der Waals surface area contributed by atoms with Gasteiger partial charge in [-0.3, -0.25) is 0 Å². The molecule has 0 aromatic heterocycles. The molecule has 10 aliphatic heterocycles. The molecule has 2 aromatic carbocycles. The fourth-order valence-electron chi connectivity index (χ4n) is 19.1. The third-order valence-electron chi connectivity index (χ3n) is 17.3. The second-order valence-corrected chi connectivity index (χ2v) is 43.1. The summed E-state index contributed by atoms with van der Waals surface area (Å²) in [5, 5.41) is 3.32. The summed E-state index contributed by atoms with van der Waals surface area (Å²) in [5.41, 5.74) is 0. The molecule has 0 N–H and O–H groups in total. The van der Waals surface area contributed by atoms with Crippen molar-refractivity contribution in [2.75, 3.05) is 0 Å². The molecule has 0 saturated carbocycles.